The minimum absolute atomic E-state index is 0.0145. The van der Waals surface area contributed by atoms with E-state index in [0.717, 1.165) is 10.9 Å². The largest absolute Gasteiger partial charge is 0.389 e. The van der Waals surface area contributed by atoms with E-state index in [1.54, 1.807) is 6.07 Å². The number of anilines is 1. The molecule has 0 aliphatic rings. The van der Waals surface area contributed by atoms with Gasteiger partial charge in [-0.25, -0.2) is 0 Å². The maximum Gasteiger partial charge on any atom is 0.224 e. The van der Waals surface area contributed by atoms with Gasteiger partial charge < -0.3 is 11.1 Å². The summed E-state index contributed by atoms with van der Waals surface area (Å²) < 4.78 is 0.877. The predicted octanol–water partition coefficient (Wildman–Crippen LogP) is 3.46. The molecule has 0 aliphatic heterocycles. The van der Waals surface area contributed by atoms with Crippen molar-refractivity contribution in [3.63, 3.8) is 0 Å². The standard InChI is InChI=1S/C13H17BrN2OS/c1-8(2)3-6-12(17)16-11-7-9(14)4-5-10(11)13(15)18/h4-5,7-8H,3,6H2,1-2H3,(H2,15,18)(H,16,17). The van der Waals surface area contributed by atoms with Gasteiger partial charge in [0.15, 0.2) is 0 Å². The van der Waals surface area contributed by atoms with E-state index in [2.05, 4.69) is 35.1 Å². The third-order valence-electron chi connectivity index (χ3n) is 2.47. The van der Waals surface area contributed by atoms with E-state index in [4.69, 9.17) is 18.0 Å². The molecule has 0 fully saturated rings. The van der Waals surface area contributed by atoms with Crippen molar-refractivity contribution in [1.82, 2.24) is 0 Å². The number of carbonyl (C=O) groups is 1. The summed E-state index contributed by atoms with van der Waals surface area (Å²) >= 11 is 8.33. The fourth-order valence-corrected chi connectivity index (χ4v) is 2.01. The van der Waals surface area contributed by atoms with Crippen molar-refractivity contribution in [3.05, 3.63) is 28.2 Å². The summed E-state index contributed by atoms with van der Waals surface area (Å²) in [6.07, 6.45) is 1.36. The molecule has 0 heterocycles. The number of carbonyl (C=O) groups excluding carboxylic acids is 1. The van der Waals surface area contributed by atoms with Crippen molar-refractivity contribution in [2.75, 3.05) is 5.32 Å². The van der Waals surface area contributed by atoms with Gasteiger partial charge in [0.05, 0.1) is 5.69 Å². The Hall–Kier alpha value is -0.940. The molecule has 0 saturated carbocycles. The maximum atomic E-state index is 11.8. The van der Waals surface area contributed by atoms with Crippen LogP contribution in [0.1, 0.15) is 32.3 Å². The number of rotatable bonds is 5. The van der Waals surface area contributed by atoms with Crippen molar-refractivity contribution in [3.8, 4) is 0 Å². The Labute approximate surface area is 121 Å². The third kappa shape index (κ3) is 4.74. The summed E-state index contributed by atoms with van der Waals surface area (Å²) in [6.45, 7) is 4.18. The van der Waals surface area contributed by atoms with E-state index in [1.165, 1.54) is 0 Å². The number of halogens is 1. The van der Waals surface area contributed by atoms with Gasteiger partial charge in [-0.2, -0.15) is 0 Å². The van der Waals surface area contributed by atoms with Crippen molar-refractivity contribution >= 4 is 44.7 Å². The minimum atomic E-state index is -0.0145. The topological polar surface area (TPSA) is 55.1 Å². The summed E-state index contributed by atoms with van der Waals surface area (Å²) in [5.74, 6) is 0.493. The predicted molar refractivity (Wildman–Crippen MR) is 82.7 cm³/mol. The number of nitrogens with two attached hydrogens (primary N) is 1. The molecular weight excluding hydrogens is 312 g/mol. The Kier molecular flexibility index (Phi) is 5.75. The molecule has 3 nitrogen and oxygen atoms in total. The first-order valence-corrected chi connectivity index (χ1v) is 6.99. The monoisotopic (exact) mass is 328 g/mol. The summed E-state index contributed by atoms with van der Waals surface area (Å²) in [4.78, 5) is 12.1. The molecule has 0 aromatic heterocycles. The van der Waals surface area contributed by atoms with E-state index >= 15 is 0 Å². The van der Waals surface area contributed by atoms with Crippen LogP contribution >= 0.6 is 28.1 Å². The molecule has 0 aliphatic carbocycles. The van der Waals surface area contributed by atoms with Crippen LogP contribution in [0, 0.1) is 5.92 Å². The highest BCUT2D eigenvalue weighted by Gasteiger charge is 2.10. The second-order valence-corrected chi connectivity index (χ2v) is 5.89. The number of hydrogen-bond acceptors (Lipinski definition) is 2. The van der Waals surface area contributed by atoms with Gasteiger partial charge in [-0.1, -0.05) is 42.0 Å². The van der Waals surface area contributed by atoms with Crippen LogP contribution < -0.4 is 11.1 Å². The fourth-order valence-electron chi connectivity index (χ4n) is 1.47. The van der Waals surface area contributed by atoms with E-state index in [9.17, 15) is 4.79 Å². The first kappa shape index (κ1) is 15.1. The fraction of sp³-hybridized carbons (Fsp3) is 0.385. The molecule has 98 valence electrons. The van der Waals surface area contributed by atoms with E-state index in [-0.39, 0.29) is 10.9 Å². The third-order valence-corrected chi connectivity index (χ3v) is 3.18. The lowest BCUT2D eigenvalue weighted by molar-refractivity contribution is -0.116. The molecule has 0 unspecified atom stereocenters. The molecule has 1 aromatic carbocycles. The molecule has 5 heteroatoms. The number of hydrogen-bond donors (Lipinski definition) is 2. The molecule has 1 aromatic rings. The Bertz CT molecular complexity index is 460. The Morgan fingerprint density at radius 1 is 1.50 bits per heavy atom. The van der Waals surface area contributed by atoms with E-state index < -0.39 is 0 Å². The van der Waals surface area contributed by atoms with Gasteiger partial charge in [-0.3, -0.25) is 4.79 Å². The molecule has 0 saturated heterocycles. The molecule has 1 rings (SSSR count). The SMILES string of the molecule is CC(C)CCC(=O)Nc1cc(Br)ccc1C(N)=S. The van der Waals surface area contributed by atoms with Crippen molar-refractivity contribution in [1.29, 1.82) is 0 Å². The van der Waals surface area contributed by atoms with Gasteiger partial charge in [-0.15, -0.1) is 0 Å². The lowest BCUT2D eigenvalue weighted by Gasteiger charge is -2.11. The summed E-state index contributed by atoms with van der Waals surface area (Å²) in [6, 6.07) is 5.45. The van der Waals surface area contributed by atoms with Gasteiger partial charge >= 0.3 is 0 Å². The molecule has 0 atom stereocenters. The number of benzene rings is 1. The molecule has 0 radical (unpaired) electrons. The highest BCUT2D eigenvalue weighted by atomic mass is 79.9. The van der Waals surface area contributed by atoms with Crippen LogP contribution in [0.4, 0.5) is 5.69 Å². The first-order valence-electron chi connectivity index (χ1n) is 5.79. The van der Waals surface area contributed by atoms with Gasteiger partial charge in [0.25, 0.3) is 0 Å². The van der Waals surface area contributed by atoms with Crippen LogP contribution in [0.15, 0.2) is 22.7 Å². The molecule has 0 spiro atoms. The van der Waals surface area contributed by atoms with Crippen LogP contribution in [-0.4, -0.2) is 10.9 Å². The van der Waals surface area contributed by atoms with E-state index in [1.807, 2.05) is 12.1 Å². The smallest absolute Gasteiger partial charge is 0.224 e. The van der Waals surface area contributed by atoms with Crippen molar-refractivity contribution < 1.29 is 4.79 Å². The Morgan fingerprint density at radius 3 is 2.72 bits per heavy atom. The van der Waals surface area contributed by atoms with Crippen molar-refractivity contribution in [2.45, 2.75) is 26.7 Å². The molecule has 3 N–H and O–H groups in total. The average Bonchev–Trinajstić information content (AvgIpc) is 2.26. The van der Waals surface area contributed by atoms with Gasteiger partial charge in [-0.05, 0) is 30.5 Å². The van der Waals surface area contributed by atoms with Gasteiger partial charge in [0, 0.05) is 16.5 Å². The zero-order valence-corrected chi connectivity index (χ0v) is 12.9. The lowest BCUT2D eigenvalue weighted by atomic mass is 10.1. The highest BCUT2D eigenvalue weighted by Crippen LogP contribution is 2.22. The summed E-state index contributed by atoms with van der Waals surface area (Å²) in [5, 5.41) is 2.85. The molecule has 0 bridgehead atoms. The number of thiocarbonyl (C=S) groups is 1. The van der Waals surface area contributed by atoms with Crippen molar-refractivity contribution in [2.24, 2.45) is 11.7 Å². The van der Waals surface area contributed by atoms with Crippen LogP contribution in [0.5, 0.6) is 0 Å². The zero-order valence-electron chi connectivity index (χ0n) is 10.5. The lowest BCUT2D eigenvalue weighted by Crippen LogP contribution is -2.17. The average molecular weight is 329 g/mol. The first-order chi connectivity index (χ1) is 8.40. The number of nitrogens with one attached hydrogen (secondary N) is 1. The second kappa shape index (κ2) is 6.85. The normalized spacial score (nSPS) is 10.4. The second-order valence-electron chi connectivity index (χ2n) is 4.53. The summed E-state index contributed by atoms with van der Waals surface area (Å²) in [5.41, 5.74) is 6.97. The van der Waals surface area contributed by atoms with E-state index in [0.29, 0.717) is 23.6 Å². The molecular formula is C13H17BrN2OS. The zero-order chi connectivity index (χ0) is 13.7. The Morgan fingerprint density at radius 2 is 2.17 bits per heavy atom. The molecule has 18 heavy (non-hydrogen) atoms. The van der Waals surface area contributed by atoms with Crippen LogP contribution in [0.3, 0.4) is 0 Å². The number of amides is 1. The molecule has 1 amide bonds. The highest BCUT2D eigenvalue weighted by molar-refractivity contribution is 9.10. The Balaban J connectivity index is 2.79. The van der Waals surface area contributed by atoms with Crippen LogP contribution in [0.25, 0.3) is 0 Å². The summed E-state index contributed by atoms with van der Waals surface area (Å²) in [7, 11) is 0. The quantitative estimate of drug-likeness (QED) is 0.814. The van der Waals surface area contributed by atoms with Crippen LogP contribution in [-0.2, 0) is 4.79 Å². The van der Waals surface area contributed by atoms with Gasteiger partial charge in [0.2, 0.25) is 5.91 Å². The minimum Gasteiger partial charge on any atom is -0.389 e. The maximum absolute atomic E-state index is 11.8. The van der Waals surface area contributed by atoms with Crippen LogP contribution in [0.2, 0.25) is 0 Å². The van der Waals surface area contributed by atoms with Gasteiger partial charge in [0.1, 0.15) is 4.99 Å².